The zero-order chi connectivity index (χ0) is 12.4. The second-order valence-corrected chi connectivity index (χ2v) is 4.03. The highest BCUT2D eigenvalue weighted by molar-refractivity contribution is 4.74. The Bertz CT molecular complexity index is 144. The van der Waals surface area contributed by atoms with Gasteiger partial charge in [-0.15, -0.1) is 0 Å². The summed E-state index contributed by atoms with van der Waals surface area (Å²) in [7, 11) is 0. The van der Waals surface area contributed by atoms with Gasteiger partial charge in [-0.3, -0.25) is 4.90 Å². The Morgan fingerprint density at radius 2 is 1.44 bits per heavy atom. The summed E-state index contributed by atoms with van der Waals surface area (Å²) in [6.07, 6.45) is 0. The number of nitrogens with zero attached hydrogens (tertiary/aromatic N) is 1. The highest BCUT2D eigenvalue weighted by Crippen LogP contribution is 2.02. The molecule has 2 atom stereocenters. The smallest absolute Gasteiger partial charge is 0.0593 e. The van der Waals surface area contributed by atoms with E-state index in [2.05, 4.69) is 11.8 Å². The van der Waals surface area contributed by atoms with Crippen molar-refractivity contribution in [1.82, 2.24) is 4.90 Å². The first kappa shape index (κ1) is 15.8. The number of nitrogens with two attached hydrogens (primary N) is 1. The third-order valence-electron chi connectivity index (χ3n) is 2.79. The minimum absolute atomic E-state index is 0.170. The molecule has 0 radical (unpaired) electrons. The Morgan fingerprint density at radius 1 is 1.00 bits per heavy atom. The third kappa shape index (κ3) is 7.17. The molecule has 98 valence electrons. The summed E-state index contributed by atoms with van der Waals surface area (Å²) in [5.41, 5.74) is 5.92. The molecule has 0 aromatic heterocycles. The van der Waals surface area contributed by atoms with Crippen LogP contribution in [0.15, 0.2) is 0 Å². The van der Waals surface area contributed by atoms with Gasteiger partial charge in [0.05, 0.1) is 13.2 Å². The maximum atomic E-state index is 5.92. The predicted molar refractivity (Wildman–Crippen MR) is 67.7 cm³/mol. The molecule has 4 heteroatoms. The standard InChI is InChI=1S/C12H28N2O2/c1-5-15-9-7-14(8-10-16-6-2)12(4)11(3)13/h11-12H,5-10,13H2,1-4H3. The molecule has 0 aromatic rings. The topological polar surface area (TPSA) is 47.7 Å². The van der Waals surface area contributed by atoms with Crippen LogP contribution in [0.2, 0.25) is 0 Å². The lowest BCUT2D eigenvalue weighted by Gasteiger charge is -2.31. The molecular formula is C12H28N2O2. The van der Waals surface area contributed by atoms with Crippen LogP contribution in [0.1, 0.15) is 27.7 Å². The molecule has 0 aliphatic heterocycles. The molecule has 0 spiro atoms. The molecule has 0 saturated carbocycles. The molecule has 0 rings (SSSR count). The van der Waals surface area contributed by atoms with Crippen LogP contribution in [-0.4, -0.2) is 56.5 Å². The summed E-state index contributed by atoms with van der Waals surface area (Å²) < 4.78 is 10.8. The number of rotatable bonds is 10. The van der Waals surface area contributed by atoms with Crippen molar-refractivity contribution in [3.63, 3.8) is 0 Å². The van der Waals surface area contributed by atoms with E-state index in [9.17, 15) is 0 Å². The molecule has 0 amide bonds. The van der Waals surface area contributed by atoms with Gasteiger partial charge in [0.25, 0.3) is 0 Å². The van der Waals surface area contributed by atoms with Gasteiger partial charge in [-0.05, 0) is 27.7 Å². The maximum Gasteiger partial charge on any atom is 0.0593 e. The Morgan fingerprint density at radius 3 is 1.75 bits per heavy atom. The zero-order valence-electron chi connectivity index (χ0n) is 11.2. The van der Waals surface area contributed by atoms with Crippen LogP contribution in [-0.2, 0) is 9.47 Å². The van der Waals surface area contributed by atoms with Gasteiger partial charge in [-0.2, -0.15) is 0 Å². The Balaban J connectivity index is 3.94. The van der Waals surface area contributed by atoms with Crippen LogP contribution in [0.3, 0.4) is 0 Å². The molecule has 16 heavy (non-hydrogen) atoms. The van der Waals surface area contributed by atoms with E-state index < -0.39 is 0 Å². The predicted octanol–water partition coefficient (Wildman–Crippen LogP) is 1.10. The Labute approximate surface area is 100 Å². The van der Waals surface area contributed by atoms with E-state index in [0.29, 0.717) is 6.04 Å². The quantitative estimate of drug-likeness (QED) is 0.573. The summed E-state index contributed by atoms with van der Waals surface area (Å²) in [5, 5.41) is 0. The largest absolute Gasteiger partial charge is 0.380 e. The molecule has 0 aromatic carbocycles. The highest BCUT2D eigenvalue weighted by atomic mass is 16.5. The summed E-state index contributed by atoms with van der Waals surface area (Å²) in [6.45, 7) is 13.1. The van der Waals surface area contributed by atoms with Crippen molar-refractivity contribution in [2.45, 2.75) is 39.8 Å². The lowest BCUT2D eigenvalue weighted by Crippen LogP contribution is -2.47. The molecule has 0 aliphatic rings. The van der Waals surface area contributed by atoms with Crippen LogP contribution >= 0.6 is 0 Å². The van der Waals surface area contributed by atoms with Gasteiger partial charge in [0.1, 0.15) is 0 Å². The average Bonchev–Trinajstić information content (AvgIpc) is 2.26. The van der Waals surface area contributed by atoms with Crippen LogP contribution in [0.5, 0.6) is 0 Å². The molecule has 0 saturated heterocycles. The Hall–Kier alpha value is -0.160. The second-order valence-electron chi connectivity index (χ2n) is 4.03. The van der Waals surface area contributed by atoms with Gasteiger partial charge < -0.3 is 15.2 Å². The SMILES string of the molecule is CCOCCN(CCOCC)C(C)C(C)N. The van der Waals surface area contributed by atoms with Gasteiger partial charge in [0, 0.05) is 38.4 Å². The fourth-order valence-electron chi connectivity index (χ4n) is 1.50. The minimum Gasteiger partial charge on any atom is -0.380 e. The van der Waals surface area contributed by atoms with Crippen LogP contribution < -0.4 is 5.73 Å². The number of ether oxygens (including phenoxy) is 2. The normalized spacial score (nSPS) is 15.4. The average molecular weight is 232 g/mol. The van der Waals surface area contributed by atoms with Gasteiger partial charge in [-0.25, -0.2) is 0 Å². The van der Waals surface area contributed by atoms with Crippen molar-refractivity contribution in [2.75, 3.05) is 39.5 Å². The third-order valence-corrected chi connectivity index (χ3v) is 2.79. The van der Waals surface area contributed by atoms with E-state index >= 15 is 0 Å². The first-order chi connectivity index (χ1) is 7.63. The fourth-order valence-corrected chi connectivity index (χ4v) is 1.50. The summed E-state index contributed by atoms with van der Waals surface area (Å²) in [6, 6.07) is 0.532. The van der Waals surface area contributed by atoms with Crippen LogP contribution in [0, 0.1) is 0 Å². The van der Waals surface area contributed by atoms with Crippen LogP contribution in [0.4, 0.5) is 0 Å². The van der Waals surface area contributed by atoms with E-state index in [1.165, 1.54) is 0 Å². The van der Waals surface area contributed by atoms with E-state index in [-0.39, 0.29) is 6.04 Å². The lowest BCUT2D eigenvalue weighted by molar-refractivity contribution is 0.0619. The molecule has 0 fully saturated rings. The second kappa shape index (κ2) is 10.0. The molecule has 0 heterocycles. The molecule has 2 unspecified atom stereocenters. The molecule has 4 nitrogen and oxygen atoms in total. The summed E-state index contributed by atoms with van der Waals surface area (Å²) in [4.78, 5) is 2.33. The maximum absolute atomic E-state index is 5.92. The van der Waals surface area contributed by atoms with Gasteiger partial charge >= 0.3 is 0 Å². The van der Waals surface area contributed by atoms with Crippen molar-refractivity contribution in [3.8, 4) is 0 Å². The van der Waals surface area contributed by atoms with Crippen molar-refractivity contribution in [2.24, 2.45) is 5.73 Å². The molecule has 0 bridgehead atoms. The van der Waals surface area contributed by atoms with E-state index in [1.54, 1.807) is 0 Å². The Kier molecular flexibility index (Phi) is 9.92. The fraction of sp³-hybridized carbons (Fsp3) is 1.00. The monoisotopic (exact) mass is 232 g/mol. The number of hydrogen-bond donors (Lipinski definition) is 1. The minimum atomic E-state index is 0.170. The van der Waals surface area contributed by atoms with Crippen LogP contribution in [0.25, 0.3) is 0 Å². The lowest BCUT2D eigenvalue weighted by atomic mass is 10.1. The van der Waals surface area contributed by atoms with E-state index in [0.717, 1.165) is 39.5 Å². The summed E-state index contributed by atoms with van der Waals surface area (Å²) in [5.74, 6) is 0. The molecular weight excluding hydrogens is 204 g/mol. The van der Waals surface area contributed by atoms with Gasteiger partial charge in [0.15, 0.2) is 0 Å². The van der Waals surface area contributed by atoms with Crippen molar-refractivity contribution in [3.05, 3.63) is 0 Å². The molecule has 0 aliphatic carbocycles. The van der Waals surface area contributed by atoms with Gasteiger partial charge in [0.2, 0.25) is 0 Å². The summed E-state index contributed by atoms with van der Waals surface area (Å²) >= 11 is 0. The highest BCUT2D eigenvalue weighted by Gasteiger charge is 2.16. The molecule has 2 N–H and O–H groups in total. The van der Waals surface area contributed by atoms with Crippen molar-refractivity contribution < 1.29 is 9.47 Å². The first-order valence-corrected chi connectivity index (χ1v) is 6.28. The number of hydrogen-bond acceptors (Lipinski definition) is 4. The van der Waals surface area contributed by atoms with E-state index in [1.807, 2.05) is 20.8 Å². The van der Waals surface area contributed by atoms with Crippen molar-refractivity contribution >= 4 is 0 Å². The van der Waals surface area contributed by atoms with E-state index in [4.69, 9.17) is 15.2 Å². The van der Waals surface area contributed by atoms with Gasteiger partial charge in [-0.1, -0.05) is 0 Å². The zero-order valence-corrected chi connectivity index (χ0v) is 11.2. The first-order valence-electron chi connectivity index (χ1n) is 6.28. The van der Waals surface area contributed by atoms with Crippen molar-refractivity contribution in [1.29, 1.82) is 0 Å².